The molecule has 0 aromatic carbocycles. The Morgan fingerprint density at radius 1 is 1.33 bits per heavy atom. The molecule has 15 heavy (non-hydrogen) atoms. The van der Waals surface area contributed by atoms with E-state index in [1.165, 1.54) is 0 Å². The molecule has 2 nitrogen and oxygen atoms in total. The monoisotopic (exact) mass is 244 g/mol. The van der Waals surface area contributed by atoms with Crippen LogP contribution in [0, 0.1) is 11.3 Å². The van der Waals surface area contributed by atoms with Gasteiger partial charge in [-0.3, -0.25) is 4.90 Å². The largest absolute Gasteiger partial charge is 1.00 e. The van der Waals surface area contributed by atoms with Gasteiger partial charge in [0.1, 0.15) is 0 Å². The van der Waals surface area contributed by atoms with Crippen LogP contribution in [0.1, 0.15) is 19.3 Å². The first-order valence-corrected chi connectivity index (χ1v) is 4.87. The van der Waals surface area contributed by atoms with E-state index < -0.39 is 13.3 Å². The van der Waals surface area contributed by atoms with E-state index in [2.05, 4.69) is 6.07 Å². The second-order valence-corrected chi connectivity index (χ2v) is 3.68. The summed E-state index contributed by atoms with van der Waals surface area (Å²) in [6, 6.07) is 1.75. The molecule has 0 aromatic rings. The van der Waals surface area contributed by atoms with Gasteiger partial charge in [-0.05, 0) is 32.4 Å². The van der Waals surface area contributed by atoms with Gasteiger partial charge in [-0.1, -0.05) is 6.32 Å². The molecule has 0 radical (unpaired) electrons. The van der Waals surface area contributed by atoms with E-state index in [4.69, 9.17) is 5.26 Å². The maximum Gasteiger partial charge on any atom is 1.00 e. The zero-order valence-electron chi connectivity index (χ0n) is 8.93. The minimum atomic E-state index is -4.71. The van der Waals surface area contributed by atoms with Gasteiger partial charge < -0.3 is 12.9 Å². The number of hydrogen-bond donors (Lipinski definition) is 0. The zero-order chi connectivity index (χ0) is 10.6. The molecular formula is C8H13BF3KN2. The fourth-order valence-electron chi connectivity index (χ4n) is 1.72. The predicted octanol–water partition coefficient (Wildman–Crippen LogP) is -0.784. The summed E-state index contributed by atoms with van der Waals surface area (Å²) in [6.45, 7) is -4.09. The second kappa shape index (κ2) is 7.30. The van der Waals surface area contributed by atoms with Gasteiger partial charge in [0.05, 0.1) is 12.1 Å². The van der Waals surface area contributed by atoms with Crippen molar-refractivity contribution in [3.05, 3.63) is 0 Å². The van der Waals surface area contributed by atoms with E-state index in [0.29, 0.717) is 13.0 Å². The number of nitriles is 1. The number of halogens is 3. The summed E-state index contributed by atoms with van der Waals surface area (Å²) >= 11 is 0. The molecule has 7 heteroatoms. The Morgan fingerprint density at radius 3 is 2.53 bits per heavy atom. The topological polar surface area (TPSA) is 27.0 Å². The van der Waals surface area contributed by atoms with Crippen LogP contribution in [0.25, 0.3) is 0 Å². The minimum Gasteiger partial charge on any atom is -0.449 e. The van der Waals surface area contributed by atoms with Gasteiger partial charge >= 0.3 is 58.4 Å². The smallest absolute Gasteiger partial charge is 0.449 e. The van der Waals surface area contributed by atoms with E-state index in [1.807, 2.05) is 0 Å². The molecule has 1 atom stereocenters. The molecule has 1 aliphatic rings. The quantitative estimate of drug-likeness (QED) is 0.609. The van der Waals surface area contributed by atoms with Crippen molar-refractivity contribution in [3.63, 3.8) is 0 Å². The SMILES string of the molecule is N#CC1CCCCN1CC[B-](F)(F)F.[K+]. The average molecular weight is 244 g/mol. The van der Waals surface area contributed by atoms with Gasteiger partial charge in [0.25, 0.3) is 0 Å². The number of piperidine rings is 1. The standard InChI is InChI=1S/C8H13BF3N2.K/c10-9(11,12)4-6-14-5-2-1-3-8(14)7-13;/h8H,1-6H2;/q-1;+1. The molecule has 0 bridgehead atoms. The molecule has 1 fully saturated rings. The summed E-state index contributed by atoms with van der Waals surface area (Å²) in [6.07, 6.45) is 1.81. The van der Waals surface area contributed by atoms with Crippen LogP contribution >= 0.6 is 0 Å². The molecule has 0 saturated carbocycles. The van der Waals surface area contributed by atoms with Crippen molar-refractivity contribution in [2.75, 3.05) is 13.1 Å². The molecule has 0 N–H and O–H groups in total. The van der Waals surface area contributed by atoms with Crippen LogP contribution in [0.3, 0.4) is 0 Å². The van der Waals surface area contributed by atoms with Gasteiger partial charge in [-0.25, -0.2) is 0 Å². The Hall–Kier alpha value is 0.941. The van der Waals surface area contributed by atoms with Crippen LogP contribution in [0.4, 0.5) is 12.9 Å². The van der Waals surface area contributed by atoms with E-state index in [-0.39, 0.29) is 64.0 Å². The first-order chi connectivity index (χ1) is 6.53. The molecule has 1 aliphatic heterocycles. The molecule has 1 unspecified atom stereocenters. The maximum atomic E-state index is 12.0. The van der Waals surface area contributed by atoms with Gasteiger partial charge in [0.2, 0.25) is 0 Å². The van der Waals surface area contributed by atoms with Crippen LogP contribution in [-0.4, -0.2) is 31.0 Å². The van der Waals surface area contributed by atoms with Crippen LogP contribution in [-0.2, 0) is 0 Å². The van der Waals surface area contributed by atoms with Crippen LogP contribution in [0.15, 0.2) is 0 Å². The summed E-state index contributed by atoms with van der Waals surface area (Å²) in [5.74, 6) is 0. The van der Waals surface area contributed by atoms with Crippen molar-refractivity contribution in [1.82, 2.24) is 4.90 Å². The Balaban J connectivity index is 0.00000196. The van der Waals surface area contributed by atoms with Crippen molar-refractivity contribution in [2.24, 2.45) is 0 Å². The molecule has 0 aromatic heterocycles. The second-order valence-electron chi connectivity index (χ2n) is 3.68. The van der Waals surface area contributed by atoms with Crippen molar-refractivity contribution >= 4 is 6.98 Å². The molecule has 0 aliphatic carbocycles. The normalized spacial score (nSPS) is 22.9. The van der Waals surface area contributed by atoms with E-state index in [1.54, 1.807) is 4.90 Å². The number of hydrogen-bond acceptors (Lipinski definition) is 2. The predicted molar refractivity (Wildman–Crippen MR) is 48.7 cm³/mol. The van der Waals surface area contributed by atoms with Crippen molar-refractivity contribution in [3.8, 4) is 6.07 Å². The Labute approximate surface area is 131 Å². The molecule has 80 valence electrons. The van der Waals surface area contributed by atoms with E-state index in [9.17, 15) is 12.9 Å². The molecule has 1 rings (SSSR count). The summed E-state index contributed by atoms with van der Waals surface area (Å²) in [5, 5.41) is 8.72. The summed E-state index contributed by atoms with van der Waals surface area (Å²) < 4.78 is 36.0. The molecule has 0 spiro atoms. The van der Waals surface area contributed by atoms with Crippen molar-refractivity contribution in [1.29, 1.82) is 5.26 Å². The van der Waals surface area contributed by atoms with Crippen molar-refractivity contribution in [2.45, 2.75) is 31.6 Å². The minimum absolute atomic E-state index is 0. The Kier molecular flexibility index (Phi) is 7.76. The Morgan fingerprint density at radius 2 is 2.00 bits per heavy atom. The molecular weight excluding hydrogens is 231 g/mol. The number of nitrogens with zero attached hydrogens (tertiary/aromatic N) is 2. The number of rotatable bonds is 3. The maximum absolute atomic E-state index is 12.0. The van der Waals surface area contributed by atoms with Gasteiger partial charge in [-0.2, -0.15) is 5.26 Å². The third kappa shape index (κ3) is 6.29. The van der Waals surface area contributed by atoms with Gasteiger partial charge in [-0.15, -0.1) is 0 Å². The zero-order valence-corrected chi connectivity index (χ0v) is 12.0. The first-order valence-electron chi connectivity index (χ1n) is 4.87. The third-order valence-corrected chi connectivity index (χ3v) is 2.51. The van der Waals surface area contributed by atoms with Gasteiger partial charge in [0, 0.05) is 0 Å². The average Bonchev–Trinajstić information content (AvgIpc) is 2.14. The van der Waals surface area contributed by atoms with Crippen molar-refractivity contribution < 1.29 is 64.3 Å². The Bertz CT molecular complexity index is 229. The van der Waals surface area contributed by atoms with Crippen LogP contribution < -0.4 is 51.4 Å². The van der Waals surface area contributed by atoms with E-state index in [0.717, 1.165) is 12.8 Å². The molecule has 1 heterocycles. The first kappa shape index (κ1) is 15.9. The van der Waals surface area contributed by atoms with Crippen LogP contribution in [0.2, 0.25) is 6.32 Å². The summed E-state index contributed by atoms with van der Waals surface area (Å²) in [7, 11) is 0. The molecule has 0 amide bonds. The summed E-state index contributed by atoms with van der Waals surface area (Å²) in [4.78, 5) is 1.65. The third-order valence-electron chi connectivity index (χ3n) is 2.51. The van der Waals surface area contributed by atoms with Gasteiger partial charge in [0.15, 0.2) is 0 Å². The number of likely N-dealkylation sites (tertiary alicyclic amines) is 1. The summed E-state index contributed by atoms with van der Waals surface area (Å²) in [5.41, 5.74) is 0. The molecule has 1 saturated heterocycles. The fraction of sp³-hybridized carbons (Fsp3) is 0.875. The fourth-order valence-corrected chi connectivity index (χ4v) is 1.72. The van der Waals surface area contributed by atoms with E-state index >= 15 is 0 Å². The van der Waals surface area contributed by atoms with Crippen LogP contribution in [0.5, 0.6) is 0 Å².